The van der Waals surface area contributed by atoms with Gasteiger partial charge < -0.3 is 14.2 Å². The van der Waals surface area contributed by atoms with E-state index in [0.29, 0.717) is 13.2 Å². The first-order valence-electron chi connectivity index (χ1n) is 13.8. The van der Waals surface area contributed by atoms with E-state index in [1.165, 1.54) is 51.0 Å². The van der Waals surface area contributed by atoms with Crippen molar-refractivity contribution in [2.24, 2.45) is 10.2 Å². The minimum Gasteiger partial charge on any atom is -0.494 e. The van der Waals surface area contributed by atoms with E-state index in [1.807, 2.05) is 48.5 Å². The van der Waals surface area contributed by atoms with Crippen LogP contribution in [-0.4, -0.2) is 50.7 Å². The molecule has 0 saturated carbocycles. The number of unbranched alkanes of at least 4 members (excludes halogenated alkanes) is 6. The third-order valence-electron chi connectivity index (χ3n) is 5.57. The van der Waals surface area contributed by atoms with E-state index in [4.69, 9.17) is 14.2 Å². The number of hydrogen-bond donors (Lipinski definition) is 2. The average molecular weight is 539 g/mol. The van der Waals surface area contributed by atoms with Gasteiger partial charge in [-0.15, -0.1) is 0 Å². The Hall–Kier alpha value is -3.72. The topological polar surface area (TPSA) is 111 Å². The van der Waals surface area contributed by atoms with Crippen LogP contribution in [-0.2, 0) is 14.3 Å². The molecule has 9 heteroatoms. The van der Waals surface area contributed by atoms with Gasteiger partial charge >= 0.3 is 0 Å². The monoisotopic (exact) mass is 538 g/mol. The number of amides is 2. The average Bonchev–Trinajstić information content (AvgIpc) is 2.94. The molecule has 0 unspecified atom stereocenters. The number of nitrogens with one attached hydrogen (secondary N) is 2. The first-order chi connectivity index (χ1) is 19.1. The van der Waals surface area contributed by atoms with E-state index in [1.54, 1.807) is 0 Å². The number of nitrogens with zero attached hydrogens (tertiary/aromatic N) is 2. The van der Waals surface area contributed by atoms with Gasteiger partial charge in [-0.05, 0) is 72.5 Å². The molecule has 212 valence electrons. The Labute approximate surface area is 232 Å². The van der Waals surface area contributed by atoms with E-state index in [-0.39, 0.29) is 13.2 Å². The zero-order valence-corrected chi connectivity index (χ0v) is 23.2. The molecule has 0 spiro atoms. The summed E-state index contributed by atoms with van der Waals surface area (Å²) in [5, 5.41) is 7.81. The van der Waals surface area contributed by atoms with Crippen molar-refractivity contribution in [1.82, 2.24) is 10.9 Å². The zero-order valence-electron chi connectivity index (χ0n) is 23.2. The van der Waals surface area contributed by atoms with Crippen LogP contribution in [0.25, 0.3) is 0 Å². The summed E-state index contributed by atoms with van der Waals surface area (Å²) in [5.74, 6) is 0.670. The third-order valence-corrected chi connectivity index (χ3v) is 5.57. The van der Waals surface area contributed by atoms with Crippen molar-refractivity contribution in [1.29, 1.82) is 0 Å². The Morgan fingerprint density at radius 1 is 0.641 bits per heavy atom. The number of hydrazone groups is 2. The molecule has 0 aliphatic heterocycles. The smallest absolute Gasteiger partial charge is 0.266 e. The van der Waals surface area contributed by atoms with Gasteiger partial charge in [0.15, 0.2) is 0 Å². The highest BCUT2D eigenvalue weighted by Gasteiger charge is 2.04. The van der Waals surface area contributed by atoms with Crippen molar-refractivity contribution in [3.05, 3.63) is 59.7 Å². The molecule has 0 heterocycles. The molecule has 2 aromatic carbocycles. The lowest BCUT2D eigenvalue weighted by molar-refractivity contribution is -0.130. The molecule has 0 fully saturated rings. The molecule has 0 bridgehead atoms. The zero-order chi connectivity index (χ0) is 28.0. The molecular formula is C30H42N4O5. The minimum atomic E-state index is -0.470. The summed E-state index contributed by atoms with van der Waals surface area (Å²) >= 11 is 0. The molecule has 0 saturated heterocycles. The van der Waals surface area contributed by atoms with E-state index in [0.717, 1.165) is 35.5 Å². The Balaban J connectivity index is 1.56. The van der Waals surface area contributed by atoms with Crippen LogP contribution in [0.4, 0.5) is 0 Å². The first kappa shape index (κ1) is 31.5. The van der Waals surface area contributed by atoms with Crippen molar-refractivity contribution in [2.75, 3.05) is 26.4 Å². The molecule has 2 rings (SSSR count). The number of hydrogen-bond acceptors (Lipinski definition) is 7. The van der Waals surface area contributed by atoms with Gasteiger partial charge in [0.2, 0.25) is 0 Å². The highest BCUT2D eigenvalue weighted by molar-refractivity contribution is 5.84. The molecule has 0 atom stereocenters. The fourth-order valence-corrected chi connectivity index (χ4v) is 3.40. The summed E-state index contributed by atoms with van der Waals surface area (Å²) in [7, 11) is 0. The molecule has 0 radical (unpaired) electrons. The Morgan fingerprint density at radius 2 is 1.05 bits per heavy atom. The SMILES string of the molecule is CCCCCCOc1ccc(/C=N/NC(=O)COCC(=O)N/N=C/c2ccc(OCCCCCC)cc2)cc1. The molecule has 2 aromatic rings. The lowest BCUT2D eigenvalue weighted by Crippen LogP contribution is -2.28. The lowest BCUT2D eigenvalue weighted by atomic mass is 10.2. The van der Waals surface area contributed by atoms with Crippen LogP contribution in [0.3, 0.4) is 0 Å². The number of carbonyl (C=O) groups is 2. The maximum absolute atomic E-state index is 11.9. The summed E-state index contributed by atoms with van der Waals surface area (Å²) in [6.45, 7) is 5.16. The van der Waals surface area contributed by atoms with Crippen LogP contribution in [0.1, 0.15) is 76.3 Å². The molecule has 9 nitrogen and oxygen atoms in total. The quantitative estimate of drug-likeness (QED) is 0.136. The van der Waals surface area contributed by atoms with Gasteiger partial charge in [0, 0.05) is 0 Å². The Bertz CT molecular complexity index is 926. The van der Waals surface area contributed by atoms with Gasteiger partial charge in [-0.2, -0.15) is 10.2 Å². The summed E-state index contributed by atoms with van der Waals surface area (Å²) in [6, 6.07) is 14.9. The number of ether oxygens (including phenoxy) is 3. The third kappa shape index (κ3) is 15.3. The standard InChI is InChI=1S/C30H42N4O5/c1-3-5-7-9-19-38-27-15-11-25(12-16-27)21-31-33-29(35)23-37-24-30(36)34-32-22-26-13-17-28(18-14-26)39-20-10-8-6-4-2/h11-18,21-22H,3-10,19-20,23-24H2,1-2H3,(H,33,35)(H,34,36)/b31-21+,32-22+. The summed E-state index contributed by atoms with van der Waals surface area (Å²) < 4.78 is 16.5. The summed E-state index contributed by atoms with van der Waals surface area (Å²) in [6.07, 6.45) is 12.3. The predicted octanol–water partition coefficient (Wildman–Crippen LogP) is 5.22. The summed E-state index contributed by atoms with van der Waals surface area (Å²) in [5.41, 5.74) is 6.37. The molecular weight excluding hydrogens is 496 g/mol. The molecule has 0 aliphatic carbocycles. The molecule has 0 aromatic heterocycles. The van der Waals surface area contributed by atoms with Crippen LogP contribution >= 0.6 is 0 Å². The first-order valence-corrected chi connectivity index (χ1v) is 13.8. The van der Waals surface area contributed by atoms with Crippen LogP contribution in [0.2, 0.25) is 0 Å². The number of rotatable bonds is 20. The maximum Gasteiger partial charge on any atom is 0.266 e. The Kier molecular flexibility index (Phi) is 16.4. The van der Waals surface area contributed by atoms with Crippen molar-refractivity contribution in [3.63, 3.8) is 0 Å². The lowest BCUT2D eigenvalue weighted by Gasteiger charge is -2.06. The second kappa shape index (κ2) is 20.3. The van der Waals surface area contributed by atoms with Crippen LogP contribution in [0.15, 0.2) is 58.7 Å². The van der Waals surface area contributed by atoms with Crippen molar-refractivity contribution in [2.45, 2.75) is 65.2 Å². The van der Waals surface area contributed by atoms with E-state index < -0.39 is 11.8 Å². The molecule has 2 amide bonds. The maximum atomic E-state index is 11.9. The van der Waals surface area contributed by atoms with Crippen molar-refractivity contribution in [3.8, 4) is 11.5 Å². The minimum absolute atomic E-state index is 0.306. The Morgan fingerprint density at radius 3 is 1.44 bits per heavy atom. The number of carbonyl (C=O) groups excluding carboxylic acids is 2. The van der Waals surface area contributed by atoms with Gasteiger partial charge in [-0.3, -0.25) is 9.59 Å². The van der Waals surface area contributed by atoms with Crippen LogP contribution in [0, 0.1) is 0 Å². The molecule has 39 heavy (non-hydrogen) atoms. The highest BCUT2D eigenvalue weighted by atomic mass is 16.5. The molecule has 0 aliphatic rings. The van der Waals surface area contributed by atoms with E-state index in [9.17, 15) is 9.59 Å². The summed E-state index contributed by atoms with van der Waals surface area (Å²) in [4.78, 5) is 23.7. The second-order valence-electron chi connectivity index (χ2n) is 9.04. The highest BCUT2D eigenvalue weighted by Crippen LogP contribution is 2.13. The van der Waals surface area contributed by atoms with E-state index >= 15 is 0 Å². The number of benzene rings is 2. The van der Waals surface area contributed by atoms with Crippen molar-refractivity contribution >= 4 is 24.2 Å². The van der Waals surface area contributed by atoms with Gasteiger partial charge in [0.05, 0.1) is 25.6 Å². The van der Waals surface area contributed by atoms with Gasteiger partial charge in [0.25, 0.3) is 11.8 Å². The van der Waals surface area contributed by atoms with Gasteiger partial charge in [-0.25, -0.2) is 10.9 Å². The van der Waals surface area contributed by atoms with Crippen molar-refractivity contribution < 1.29 is 23.8 Å². The van der Waals surface area contributed by atoms with Crippen LogP contribution in [0.5, 0.6) is 11.5 Å². The molecule has 2 N–H and O–H groups in total. The second-order valence-corrected chi connectivity index (χ2v) is 9.04. The van der Waals surface area contributed by atoms with Gasteiger partial charge in [0.1, 0.15) is 24.7 Å². The van der Waals surface area contributed by atoms with E-state index in [2.05, 4.69) is 34.9 Å². The fraction of sp³-hybridized carbons (Fsp3) is 0.467. The fourth-order valence-electron chi connectivity index (χ4n) is 3.40. The van der Waals surface area contributed by atoms with Gasteiger partial charge in [-0.1, -0.05) is 52.4 Å². The van der Waals surface area contributed by atoms with Crippen LogP contribution < -0.4 is 20.3 Å². The largest absolute Gasteiger partial charge is 0.494 e. The normalized spacial score (nSPS) is 11.1. The predicted molar refractivity (Wildman–Crippen MR) is 154 cm³/mol.